The quantitative estimate of drug-likeness (QED) is 0.481. The summed E-state index contributed by atoms with van der Waals surface area (Å²) in [5.41, 5.74) is 0.784. The van der Waals surface area contributed by atoms with Gasteiger partial charge in [0, 0.05) is 0 Å². The number of phenols is 1. The summed E-state index contributed by atoms with van der Waals surface area (Å²) >= 11 is 3.15. The van der Waals surface area contributed by atoms with Gasteiger partial charge in [-0.25, -0.2) is 4.79 Å². The average molecular weight is 269 g/mol. The smallest absolute Gasteiger partial charge is 0.337 e. The Kier molecular flexibility index (Phi) is 4.19. The van der Waals surface area contributed by atoms with E-state index in [-0.39, 0.29) is 5.75 Å². The highest BCUT2D eigenvalue weighted by atomic mass is 79.9. The van der Waals surface area contributed by atoms with Crippen LogP contribution in [0.15, 0.2) is 18.2 Å². The van der Waals surface area contributed by atoms with Crippen molar-refractivity contribution in [2.45, 2.75) is 0 Å². The van der Waals surface area contributed by atoms with Crippen LogP contribution >= 0.6 is 15.9 Å². The highest BCUT2D eigenvalue weighted by Gasteiger charge is 2.07. The Hall–Kier alpha value is -1.47. The van der Waals surface area contributed by atoms with E-state index in [1.807, 2.05) is 0 Å². The summed E-state index contributed by atoms with van der Waals surface area (Å²) in [5, 5.41) is 9.95. The topological polar surface area (TPSA) is 46.5 Å². The van der Waals surface area contributed by atoms with Crippen LogP contribution in [-0.2, 0) is 4.74 Å². The Morgan fingerprint density at radius 3 is 2.93 bits per heavy atom. The normalized spacial score (nSPS) is 8.93. The van der Waals surface area contributed by atoms with E-state index in [2.05, 4.69) is 32.5 Å². The van der Waals surface area contributed by atoms with Crippen LogP contribution in [0.4, 0.5) is 0 Å². The van der Waals surface area contributed by atoms with Crippen LogP contribution in [0, 0.1) is 11.8 Å². The first-order valence-electron chi connectivity index (χ1n) is 4.15. The monoisotopic (exact) mass is 268 g/mol. The summed E-state index contributed by atoms with van der Waals surface area (Å²) in [5.74, 6) is 5.08. The maximum atomic E-state index is 11.2. The van der Waals surface area contributed by atoms with Gasteiger partial charge in [0.25, 0.3) is 0 Å². The number of hydrogen-bond acceptors (Lipinski definition) is 3. The molecule has 1 aromatic rings. The number of ether oxygens (including phenoxy) is 1. The van der Waals surface area contributed by atoms with Gasteiger partial charge in [-0.05, 0) is 18.2 Å². The van der Waals surface area contributed by atoms with Crippen LogP contribution in [0.2, 0.25) is 0 Å². The number of rotatable bonds is 1. The molecule has 0 aliphatic rings. The number of phenolic OH excluding ortho intramolecular Hbond substituents is 1. The van der Waals surface area contributed by atoms with Gasteiger partial charge in [0.2, 0.25) is 0 Å². The Balaban J connectivity index is 3.10. The van der Waals surface area contributed by atoms with E-state index in [9.17, 15) is 9.90 Å². The standard InChI is InChI=1S/C11H9BrO3/c1-15-11(14)9-4-5-10(13)8(7-9)3-2-6-12/h4-5,7,13H,6H2,1H3. The maximum Gasteiger partial charge on any atom is 0.337 e. The number of carbonyl (C=O) groups excluding carboxylic acids is 1. The van der Waals surface area contributed by atoms with Crippen molar-refractivity contribution in [1.29, 1.82) is 0 Å². The van der Waals surface area contributed by atoms with Crippen LogP contribution < -0.4 is 0 Å². The molecule has 1 rings (SSSR count). The minimum atomic E-state index is -0.447. The van der Waals surface area contributed by atoms with Crippen molar-refractivity contribution in [2.24, 2.45) is 0 Å². The molecule has 0 amide bonds. The van der Waals surface area contributed by atoms with Crippen molar-refractivity contribution in [2.75, 3.05) is 12.4 Å². The van der Waals surface area contributed by atoms with Gasteiger partial charge in [0.05, 0.1) is 23.6 Å². The Labute approximate surface area is 96.2 Å². The molecule has 0 bridgehead atoms. The number of aromatic hydroxyl groups is 1. The molecule has 3 nitrogen and oxygen atoms in total. The second kappa shape index (κ2) is 5.42. The molecule has 0 saturated heterocycles. The van der Waals surface area contributed by atoms with E-state index in [0.717, 1.165) is 0 Å². The molecule has 15 heavy (non-hydrogen) atoms. The van der Waals surface area contributed by atoms with Crippen molar-refractivity contribution >= 4 is 21.9 Å². The first-order valence-corrected chi connectivity index (χ1v) is 5.27. The van der Waals surface area contributed by atoms with E-state index >= 15 is 0 Å². The van der Waals surface area contributed by atoms with Gasteiger partial charge >= 0.3 is 5.97 Å². The molecule has 0 radical (unpaired) electrons. The van der Waals surface area contributed by atoms with Gasteiger partial charge in [0.1, 0.15) is 5.75 Å². The molecule has 0 heterocycles. The fraction of sp³-hybridized carbons (Fsp3) is 0.182. The molecule has 78 valence electrons. The number of methoxy groups -OCH3 is 1. The molecule has 0 saturated carbocycles. The molecule has 1 aromatic carbocycles. The number of alkyl halides is 1. The van der Waals surface area contributed by atoms with E-state index in [1.54, 1.807) is 0 Å². The van der Waals surface area contributed by atoms with E-state index < -0.39 is 5.97 Å². The molecule has 0 aliphatic heterocycles. The summed E-state index contributed by atoms with van der Waals surface area (Å²) in [4.78, 5) is 11.2. The zero-order valence-corrected chi connectivity index (χ0v) is 9.67. The lowest BCUT2D eigenvalue weighted by Gasteiger charge is -2.01. The molecule has 0 aliphatic carbocycles. The molecule has 0 aromatic heterocycles. The molecule has 4 heteroatoms. The predicted molar refractivity (Wildman–Crippen MR) is 60.1 cm³/mol. The lowest BCUT2D eigenvalue weighted by Crippen LogP contribution is -2.01. The molecular weight excluding hydrogens is 260 g/mol. The van der Waals surface area contributed by atoms with E-state index in [4.69, 9.17) is 0 Å². The average Bonchev–Trinajstić information content (AvgIpc) is 2.27. The number of esters is 1. The molecule has 0 spiro atoms. The van der Waals surface area contributed by atoms with Crippen LogP contribution in [-0.4, -0.2) is 23.5 Å². The third kappa shape index (κ3) is 3.00. The second-order valence-electron chi connectivity index (χ2n) is 2.66. The van der Waals surface area contributed by atoms with Gasteiger partial charge in [0.15, 0.2) is 0 Å². The fourth-order valence-electron chi connectivity index (χ4n) is 1.01. The SMILES string of the molecule is COC(=O)c1ccc(O)c(C#CCBr)c1. The van der Waals surface area contributed by atoms with Crippen molar-refractivity contribution in [3.63, 3.8) is 0 Å². The maximum absolute atomic E-state index is 11.2. The molecule has 0 unspecified atom stereocenters. The van der Waals surface area contributed by atoms with Gasteiger partial charge in [-0.3, -0.25) is 0 Å². The van der Waals surface area contributed by atoms with Crippen LogP contribution in [0.3, 0.4) is 0 Å². The van der Waals surface area contributed by atoms with Gasteiger partial charge in [-0.15, -0.1) is 0 Å². The molecule has 0 fully saturated rings. The summed E-state index contributed by atoms with van der Waals surface area (Å²) in [6.45, 7) is 0. The lowest BCUT2D eigenvalue weighted by atomic mass is 10.1. The first kappa shape index (κ1) is 11.6. The number of hydrogen-bond donors (Lipinski definition) is 1. The van der Waals surface area contributed by atoms with Gasteiger partial charge in [-0.1, -0.05) is 27.8 Å². The predicted octanol–water partition coefficient (Wildman–Crippen LogP) is 1.93. The molecule has 1 N–H and O–H groups in total. The number of halogens is 1. The zero-order chi connectivity index (χ0) is 11.3. The summed E-state index contributed by atoms with van der Waals surface area (Å²) < 4.78 is 4.56. The zero-order valence-electron chi connectivity index (χ0n) is 8.08. The van der Waals surface area contributed by atoms with Crippen molar-refractivity contribution in [1.82, 2.24) is 0 Å². The van der Waals surface area contributed by atoms with Gasteiger partial charge < -0.3 is 9.84 Å². The molecular formula is C11H9BrO3. The minimum Gasteiger partial charge on any atom is -0.507 e. The lowest BCUT2D eigenvalue weighted by molar-refractivity contribution is 0.0600. The Morgan fingerprint density at radius 1 is 1.60 bits per heavy atom. The fourth-order valence-corrected chi connectivity index (χ4v) is 1.15. The third-order valence-electron chi connectivity index (χ3n) is 1.71. The van der Waals surface area contributed by atoms with Crippen molar-refractivity contribution in [3.8, 4) is 17.6 Å². The van der Waals surface area contributed by atoms with E-state index in [1.165, 1.54) is 25.3 Å². The Bertz CT molecular complexity index is 429. The Morgan fingerprint density at radius 2 is 2.33 bits per heavy atom. The van der Waals surface area contributed by atoms with E-state index in [0.29, 0.717) is 16.5 Å². The number of benzene rings is 1. The first-order chi connectivity index (χ1) is 7.19. The summed E-state index contributed by atoms with van der Waals surface area (Å²) in [7, 11) is 1.30. The summed E-state index contributed by atoms with van der Waals surface area (Å²) in [6, 6.07) is 4.40. The number of carbonyl (C=O) groups is 1. The third-order valence-corrected chi connectivity index (χ3v) is 1.99. The van der Waals surface area contributed by atoms with Gasteiger partial charge in [-0.2, -0.15) is 0 Å². The molecule has 0 atom stereocenters. The summed E-state index contributed by atoms with van der Waals surface area (Å²) in [6.07, 6.45) is 0. The largest absolute Gasteiger partial charge is 0.507 e. The van der Waals surface area contributed by atoms with Crippen molar-refractivity contribution in [3.05, 3.63) is 29.3 Å². The van der Waals surface area contributed by atoms with Crippen LogP contribution in [0.5, 0.6) is 5.75 Å². The van der Waals surface area contributed by atoms with Crippen LogP contribution in [0.1, 0.15) is 15.9 Å². The highest BCUT2D eigenvalue weighted by Crippen LogP contribution is 2.17. The van der Waals surface area contributed by atoms with Crippen LogP contribution in [0.25, 0.3) is 0 Å². The van der Waals surface area contributed by atoms with Crippen molar-refractivity contribution < 1.29 is 14.6 Å². The minimum absolute atomic E-state index is 0.0519. The highest BCUT2D eigenvalue weighted by molar-refractivity contribution is 9.09. The second-order valence-corrected chi connectivity index (χ2v) is 3.22.